The fourth-order valence-corrected chi connectivity index (χ4v) is 2.77. The van der Waals surface area contributed by atoms with E-state index < -0.39 is 11.4 Å². The first kappa shape index (κ1) is 11.9. The Morgan fingerprint density at radius 3 is 2.47 bits per heavy atom. The van der Waals surface area contributed by atoms with E-state index in [-0.39, 0.29) is 0 Å². The Labute approximate surface area is 111 Å². The van der Waals surface area contributed by atoms with Gasteiger partial charge in [-0.1, -0.05) is 36.8 Å². The van der Waals surface area contributed by atoms with Crippen molar-refractivity contribution < 1.29 is 9.90 Å². The molecular formula is C16H15NO2. The van der Waals surface area contributed by atoms with E-state index in [9.17, 15) is 9.90 Å². The van der Waals surface area contributed by atoms with Crippen LogP contribution in [0.1, 0.15) is 24.8 Å². The van der Waals surface area contributed by atoms with Crippen molar-refractivity contribution >= 4 is 5.97 Å². The lowest BCUT2D eigenvalue weighted by Crippen LogP contribution is -2.42. The molecule has 2 aromatic rings. The Morgan fingerprint density at radius 2 is 1.89 bits per heavy atom. The molecule has 0 spiro atoms. The molecule has 0 saturated heterocycles. The molecule has 1 saturated carbocycles. The highest BCUT2D eigenvalue weighted by atomic mass is 16.4. The zero-order valence-corrected chi connectivity index (χ0v) is 10.5. The van der Waals surface area contributed by atoms with Crippen molar-refractivity contribution in [1.29, 1.82) is 0 Å². The molecule has 0 radical (unpaired) electrons. The topological polar surface area (TPSA) is 50.2 Å². The highest BCUT2D eigenvalue weighted by Gasteiger charge is 2.47. The van der Waals surface area contributed by atoms with E-state index in [1.54, 1.807) is 12.4 Å². The molecule has 1 N–H and O–H groups in total. The molecule has 0 atom stereocenters. The van der Waals surface area contributed by atoms with Gasteiger partial charge < -0.3 is 5.11 Å². The van der Waals surface area contributed by atoms with Gasteiger partial charge in [0.05, 0.1) is 5.41 Å². The van der Waals surface area contributed by atoms with E-state index in [2.05, 4.69) is 4.98 Å². The Balaban J connectivity index is 2.15. The standard InChI is InChI=1S/C16H15NO2/c18-15(19)16(8-4-9-16)14-11-17-10-7-13(14)12-5-2-1-3-6-12/h1-3,5-7,10-11H,4,8-9H2,(H,18,19). The van der Waals surface area contributed by atoms with Gasteiger partial charge in [0.25, 0.3) is 0 Å². The first-order valence-electron chi connectivity index (χ1n) is 6.47. The van der Waals surface area contributed by atoms with Crippen LogP contribution in [0.15, 0.2) is 48.8 Å². The van der Waals surface area contributed by atoms with Crippen molar-refractivity contribution in [2.24, 2.45) is 0 Å². The van der Waals surface area contributed by atoms with Crippen LogP contribution in [0, 0.1) is 0 Å². The molecule has 3 heteroatoms. The number of benzene rings is 1. The van der Waals surface area contributed by atoms with Gasteiger partial charge in [-0.3, -0.25) is 9.78 Å². The number of nitrogens with zero attached hydrogens (tertiary/aromatic N) is 1. The summed E-state index contributed by atoms with van der Waals surface area (Å²) in [4.78, 5) is 15.8. The van der Waals surface area contributed by atoms with Crippen molar-refractivity contribution in [3.63, 3.8) is 0 Å². The van der Waals surface area contributed by atoms with E-state index >= 15 is 0 Å². The molecular weight excluding hydrogens is 238 g/mol. The van der Waals surface area contributed by atoms with E-state index in [1.165, 1.54) is 0 Å². The minimum Gasteiger partial charge on any atom is -0.481 e. The maximum Gasteiger partial charge on any atom is 0.314 e. The minimum atomic E-state index is -0.737. The molecule has 1 aliphatic carbocycles. The first-order valence-corrected chi connectivity index (χ1v) is 6.47. The third-order valence-electron chi connectivity index (χ3n) is 4.04. The quantitative estimate of drug-likeness (QED) is 0.913. The summed E-state index contributed by atoms with van der Waals surface area (Å²) in [7, 11) is 0. The number of pyridine rings is 1. The lowest BCUT2D eigenvalue weighted by molar-refractivity contribution is -0.147. The maximum atomic E-state index is 11.7. The van der Waals surface area contributed by atoms with Crippen LogP contribution in [0.3, 0.4) is 0 Å². The average Bonchev–Trinajstić information content (AvgIpc) is 2.39. The Morgan fingerprint density at radius 1 is 1.16 bits per heavy atom. The van der Waals surface area contributed by atoms with Gasteiger partial charge in [-0.15, -0.1) is 0 Å². The summed E-state index contributed by atoms with van der Waals surface area (Å²) < 4.78 is 0. The first-order chi connectivity index (χ1) is 9.24. The zero-order valence-electron chi connectivity index (χ0n) is 10.5. The lowest BCUT2D eigenvalue weighted by atomic mass is 9.63. The predicted octanol–water partition coefficient (Wildman–Crippen LogP) is 3.25. The number of carboxylic acid groups (broad SMARTS) is 1. The SMILES string of the molecule is O=C(O)C1(c2cnccc2-c2ccccc2)CCC1. The Hall–Kier alpha value is -2.16. The molecule has 1 heterocycles. The fourth-order valence-electron chi connectivity index (χ4n) is 2.77. The maximum absolute atomic E-state index is 11.7. The molecule has 0 unspecified atom stereocenters. The minimum absolute atomic E-state index is 0.702. The summed E-state index contributed by atoms with van der Waals surface area (Å²) >= 11 is 0. The van der Waals surface area contributed by atoms with Gasteiger partial charge in [0.2, 0.25) is 0 Å². The van der Waals surface area contributed by atoms with Gasteiger partial charge in [-0.25, -0.2) is 0 Å². The monoisotopic (exact) mass is 253 g/mol. The van der Waals surface area contributed by atoms with Gasteiger partial charge in [-0.2, -0.15) is 0 Å². The second kappa shape index (κ2) is 4.50. The van der Waals surface area contributed by atoms with E-state index in [0.717, 1.165) is 23.1 Å². The predicted molar refractivity (Wildman–Crippen MR) is 72.8 cm³/mol. The van der Waals surface area contributed by atoms with Crippen molar-refractivity contribution in [2.45, 2.75) is 24.7 Å². The third kappa shape index (κ3) is 1.82. The van der Waals surface area contributed by atoms with Crippen LogP contribution < -0.4 is 0 Å². The molecule has 3 rings (SSSR count). The molecule has 1 aromatic heterocycles. The zero-order chi connectivity index (χ0) is 13.3. The van der Waals surface area contributed by atoms with E-state index in [4.69, 9.17) is 0 Å². The summed E-state index contributed by atoms with van der Waals surface area (Å²) in [6.45, 7) is 0. The summed E-state index contributed by atoms with van der Waals surface area (Å²) in [6, 6.07) is 11.8. The number of hydrogen-bond donors (Lipinski definition) is 1. The number of carbonyl (C=O) groups is 1. The van der Waals surface area contributed by atoms with E-state index in [1.807, 2.05) is 36.4 Å². The van der Waals surface area contributed by atoms with Crippen molar-refractivity contribution in [1.82, 2.24) is 4.98 Å². The van der Waals surface area contributed by atoms with Crippen molar-refractivity contribution in [3.05, 3.63) is 54.4 Å². The second-order valence-electron chi connectivity index (χ2n) is 5.03. The van der Waals surface area contributed by atoms with Gasteiger partial charge >= 0.3 is 5.97 Å². The van der Waals surface area contributed by atoms with Crippen LogP contribution in [-0.4, -0.2) is 16.1 Å². The molecule has 19 heavy (non-hydrogen) atoms. The second-order valence-corrected chi connectivity index (χ2v) is 5.03. The van der Waals surface area contributed by atoms with Crippen LogP contribution in [0.4, 0.5) is 0 Å². The Kier molecular flexibility index (Phi) is 2.82. The molecule has 0 aliphatic heterocycles. The van der Waals surface area contributed by atoms with Crippen LogP contribution in [0.25, 0.3) is 11.1 Å². The largest absolute Gasteiger partial charge is 0.481 e. The van der Waals surface area contributed by atoms with Crippen molar-refractivity contribution in [2.75, 3.05) is 0 Å². The number of hydrogen-bond acceptors (Lipinski definition) is 2. The molecule has 0 amide bonds. The number of rotatable bonds is 3. The lowest BCUT2D eigenvalue weighted by Gasteiger charge is -2.39. The summed E-state index contributed by atoms with van der Waals surface area (Å²) in [5.74, 6) is -0.732. The summed E-state index contributed by atoms with van der Waals surface area (Å²) in [6.07, 6.45) is 5.81. The molecule has 3 nitrogen and oxygen atoms in total. The molecule has 1 aliphatic rings. The molecule has 1 aromatic carbocycles. The number of aliphatic carboxylic acids is 1. The van der Waals surface area contributed by atoms with Gasteiger partial charge in [0, 0.05) is 12.4 Å². The normalized spacial score (nSPS) is 16.6. The smallest absolute Gasteiger partial charge is 0.314 e. The fraction of sp³-hybridized carbons (Fsp3) is 0.250. The van der Waals surface area contributed by atoms with Gasteiger partial charge in [-0.05, 0) is 35.6 Å². The molecule has 0 bridgehead atoms. The van der Waals surface area contributed by atoms with Crippen LogP contribution in [0.2, 0.25) is 0 Å². The number of carboxylic acids is 1. The van der Waals surface area contributed by atoms with E-state index in [0.29, 0.717) is 12.8 Å². The highest BCUT2D eigenvalue weighted by Crippen LogP contribution is 2.47. The van der Waals surface area contributed by atoms with Crippen LogP contribution in [0.5, 0.6) is 0 Å². The van der Waals surface area contributed by atoms with Crippen molar-refractivity contribution in [3.8, 4) is 11.1 Å². The Bertz CT molecular complexity index is 603. The average molecular weight is 253 g/mol. The third-order valence-corrected chi connectivity index (χ3v) is 4.04. The molecule has 1 fully saturated rings. The summed E-state index contributed by atoms with van der Waals surface area (Å²) in [5.41, 5.74) is 2.14. The highest BCUT2D eigenvalue weighted by molar-refractivity contribution is 5.86. The summed E-state index contributed by atoms with van der Waals surface area (Å²) in [5, 5.41) is 9.58. The van der Waals surface area contributed by atoms with Crippen LogP contribution >= 0.6 is 0 Å². The number of aromatic nitrogens is 1. The molecule has 96 valence electrons. The van der Waals surface area contributed by atoms with Gasteiger partial charge in [0.15, 0.2) is 0 Å². The van der Waals surface area contributed by atoms with Crippen LogP contribution in [-0.2, 0) is 10.2 Å². The van der Waals surface area contributed by atoms with Gasteiger partial charge in [0.1, 0.15) is 0 Å².